The number of carbonyl (C=O) groups excluding carboxylic acids is 1. The first-order valence-electron chi connectivity index (χ1n) is 8.30. The third-order valence-electron chi connectivity index (χ3n) is 3.42. The number of aliphatic hydroxyl groups excluding tert-OH is 4. The van der Waals surface area contributed by atoms with Crippen molar-refractivity contribution in [2.45, 2.75) is 70.6 Å². The molecule has 0 aliphatic rings. The predicted molar refractivity (Wildman–Crippen MR) is 86.4 cm³/mol. The van der Waals surface area contributed by atoms with Crippen LogP contribution in [0.4, 0.5) is 0 Å². The molecule has 0 aromatic carbocycles. The van der Waals surface area contributed by atoms with Gasteiger partial charge in [0, 0.05) is 13.3 Å². The maximum atomic E-state index is 10.9. The zero-order valence-electron chi connectivity index (χ0n) is 14.8. The highest BCUT2D eigenvalue weighted by Crippen LogP contribution is 2.13. The summed E-state index contributed by atoms with van der Waals surface area (Å²) in [6, 6.07) is 0. The van der Waals surface area contributed by atoms with E-state index in [0.717, 1.165) is 0 Å². The fraction of sp³-hybridized carbons (Fsp3) is 0.938. The maximum Gasteiger partial charge on any atom is 0.302 e. The number of hydrogen-bond donors (Lipinski definition) is 4. The lowest BCUT2D eigenvalue weighted by molar-refractivity contribution is -0.147. The summed E-state index contributed by atoms with van der Waals surface area (Å²) >= 11 is 0. The van der Waals surface area contributed by atoms with Crippen LogP contribution in [0.1, 0.15) is 40.0 Å². The molecule has 0 aromatic heterocycles. The maximum absolute atomic E-state index is 10.9. The van der Waals surface area contributed by atoms with Crippen molar-refractivity contribution in [1.82, 2.24) is 0 Å². The van der Waals surface area contributed by atoms with Gasteiger partial charge in [-0.1, -0.05) is 6.92 Å². The molecule has 0 aliphatic heterocycles. The molecule has 8 nitrogen and oxygen atoms in total. The van der Waals surface area contributed by atoms with Crippen LogP contribution in [0, 0.1) is 0 Å². The Labute approximate surface area is 143 Å². The van der Waals surface area contributed by atoms with Crippen LogP contribution in [0.5, 0.6) is 0 Å². The van der Waals surface area contributed by atoms with Crippen molar-refractivity contribution in [2.24, 2.45) is 0 Å². The molecule has 24 heavy (non-hydrogen) atoms. The minimum absolute atomic E-state index is 0.0929. The molecule has 8 heteroatoms. The average Bonchev–Trinajstić information content (AvgIpc) is 2.52. The fourth-order valence-electron chi connectivity index (χ4n) is 2.16. The van der Waals surface area contributed by atoms with E-state index in [1.807, 2.05) is 6.92 Å². The van der Waals surface area contributed by atoms with Gasteiger partial charge in [-0.25, -0.2) is 0 Å². The molecule has 144 valence electrons. The average molecular weight is 352 g/mol. The van der Waals surface area contributed by atoms with Crippen LogP contribution < -0.4 is 0 Å². The van der Waals surface area contributed by atoms with Crippen molar-refractivity contribution >= 4 is 5.97 Å². The second-order valence-electron chi connectivity index (χ2n) is 5.88. The summed E-state index contributed by atoms with van der Waals surface area (Å²) in [7, 11) is 0. The molecule has 0 saturated carbocycles. The van der Waals surface area contributed by atoms with Crippen LogP contribution in [-0.4, -0.2) is 83.3 Å². The van der Waals surface area contributed by atoms with Gasteiger partial charge in [0.25, 0.3) is 0 Å². The second kappa shape index (κ2) is 13.5. The first-order valence-corrected chi connectivity index (χ1v) is 8.30. The van der Waals surface area contributed by atoms with E-state index in [-0.39, 0.29) is 38.0 Å². The Bertz CT molecular complexity index is 325. The fourth-order valence-corrected chi connectivity index (χ4v) is 2.16. The van der Waals surface area contributed by atoms with Crippen LogP contribution in [0.3, 0.4) is 0 Å². The lowest BCUT2D eigenvalue weighted by Gasteiger charge is -2.24. The van der Waals surface area contributed by atoms with E-state index in [9.17, 15) is 20.1 Å². The number of hydrogen-bond acceptors (Lipinski definition) is 8. The van der Waals surface area contributed by atoms with E-state index in [0.29, 0.717) is 19.3 Å². The Morgan fingerprint density at radius 2 is 1.58 bits per heavy atom. The summed E-state index contributed by atoms with van der Waals surface area (Å²) in [6.07, 6.45) is -1.52. The zero-order chi connectivity index (χ0) is 18.5. The number of carbonyl (C=O) groups is 1. The van der Waals surface area contributed by atoms with E-state index in [1.54, 1.807) is 6.92 Å². The molecule has 0 fully saturated rings. The molecule has 5 unspecified atom stereocenters. The standard InChI is InChI=1S/C16H32O8/c1-4-15(6-13(20)5-11(2)24-12(3)19)23-10-16(8-18)22-9-14(21)7-17/h11,13-18,20-21H,4-10H2,1-3H3. The molecule has 5 atom stereocenters. The normalized spacial score (nSPS) is 17.8. The van der Waals surface area contributed by atoms with E-state index < -0.39 is 24.9 Å². The minimum atomic E-state index is -0.995. The molecular formula is C16H32O8. The molecule has 4 N–H and O–H groups in total. The third kappa shape index (κ3) is 11.7. The molecule has 0 rings (SSSR count). The quantitative estimate of drug-likeness (QED) is 0.311. The smallest absolute Gasteiger partial charge is 0.302 e. The summed E-state index contributed by atoms with van der Waals surface area (Å²) in [5, 5.41) is 37.2. The summed E-state index contributed by atoms with van der Waals surface area (Å²) < 4.78 is 15.9. The van der Waals surface area contributed by atoms with Gasteiger partial charge in [0.1, 0.15) is 18.3 Å². The number of rotatable bonds is 14. The number of ether oxygens (including phenoxy) is 3. The monoisotopic (exact) mass is 352 g/mol. The second-order valence-corrected chi connectivity index (χ2v) is 5.88. The zero-order valence-corrected chi connectivity index (χ0v) is 14.8. The van der Waals surface area contributed by atoms with Crippen LogP contribution in [-0.2, 0) is 19.0 Å². The Morgan fingerprint density at radius 1 is 0.958 bits per heavy atom. The van der Waals surface area contributed by atoms with Gasteiger partial charge in [-0.05, 0) is 19.8 Å². The van der Waals surface area contributed by atoms with Gasteiger partial charge in [0.2, 0.25) is 0 Å². The molecule has 0 saturated heterocycles. The van der Waals surface area contributed by atoms with Crippen LogP contribution in [0.25, 0.3) is 0 Å². The van der Waals surface area contributed by atoms with Crippen LogP contribution >= 0.6 is 0 Å². The first-order chi connectivity index (χ1) is 11.3. The van der Waals surface area contributed by atoms with E-state index in [2.05, 4.69) is 0 Å². The number of aliphatic hydroxyl groups is 4. The Morgan fingerprint density at radius 3 is 2.08 bits per heavy atom. The molecule has 0 spiro atoms. The van der Waals surface area contributed by atoms with E-state index >= 15 is 0 Å². The van der Waals surface area contributed by atoms with Crippen LogP contribution in [0.2, 0.25) is 0 Å². The van der Waals surface area contributed by atoms with Crippen LogP contribution in [0.15, 0.2) is 0 Å². The summed E-state index contributed by atoms with van der Waals surface area (Å²) in [4.78, 5) is 10.9. The van der Waals surface area contributed by atoms with Crippen molar-refractivity contribution in [3.63, 3.8) is 0 Å². The lowest BCUT2D eigenvalue weighted by Crippen LogP contribution is -2.32. The highest BCUT2D eigenvalue weighted by Gasteiger charge is 2.19. The van der Waals surface area contributed by atoms with Crippen molar-refractivity contribution in [1.29, 1.82) is 0 Å². The molecule has 0 bridgehead atoms. The Balaban J connectivity index is 4.16. The van der Waals surface area contributed by atoms with Gasteiger partial charge < -0.3 is 34.6 Å². The van der Waals surface area contributed by atoms with Gasteiger partial charge in [0.05, 0.1) is 38.6 Å². The van der Waals surface area contributed by atoms with Crippen molar-refractivity contribution in [2.75, 3.05) is 26.4 Å². The molecular weight excluding hydrogens is 320 g/mol. The predicted octanol–water partition coefficient (Wildman–Crippen LogP) is -0.395. The van der Waals surface area contributed by atoms with Gasteiger partial charge >= 0.3 is 5.97 Å². The molecule has 0 amide bonds. The first kappa shape index (κ1) is 23.2. The SMILES string of the molecule is CCC(CC(O)CC(C)OC(C)=O)OCC(CO)OCC(O)CO. The Kier molecular flexibility index (Phi) is 13.1. The third-order valence-corrected chi connectivity index (χ3v) is 3.42. The van der Waals surface area contributed by atoms with Gasteiger partial charge in [-0.3, -0.25) is 4.79 Å². The summed E-state index contributed by atoms with van der Waals surface area (Å²) in [6.45, 7) is 4.28. The largest absolute Gasteiger partial charge is 0.463 e. The van der Waals surface area contributed by atoms with Crippen molar-refractivity contribution in [3.8, 4) is 0 Å². The number of esters is 1. The summed E-state index contributed by atoms with van der Waals surface area (Å²) in [5.74, 6) is -0.383. The molecule has 0 aromatic rings. The minimum Gasteiger partial charge on any atom is -0.463 e. The Hall–Kier alpha value is -0.770. The highest BCUT2D eigenvalue weighted by molar-refractivity contribution is 5.66. The highest BCUT2D eigenvalue weighted by atomic mass is 16.6. The van der Waals surface area contributed by atoms with Gasteiger partial charge in [-0.15, -0.1) is 0 Å². The van der Waals surface area contributed by atoms with Crippen molar-refractivity contribution < 1.29 is 39.4 Å². The molecule has 0 heterocycles. The molecule has 0 radical (unpaired) electrons. The van der Waals surface area contributed by atoms with E-state index in [4.69, 9.17) is 19.3 Å². The summed E-state index contributed by atoms with van der Waals surface area (Å²) in [5.41, 5.74) is 0. The topological polar surface area (TPSA) is 126 Å². The molecule has 0 aliphatic carbocycles. The van der Waals surface area contributed by atoms with E-state index in [1.165, 1.54) is 6.92 Å². The van der Waals surface area contributed by atoms with Crippen molar-refractivity contribution in [3.05, 3.63) is 0 Å². The van der Waals surface area contributed by atoms with Gasteiger partial charge in [-0.2, -0.15) is 0 Å². The lowest BCUT2D eigenvalue weighted by atomic mass is 10.0. The van der Waals surface area contributed by atoms with Gasteiger partial charge in [0.15, 0.2) is 0 Å².